The number of carbonyl (C=O) groups is 2. The van der Waals surface area contributed by atoms with Gasteiger partial charge in [-0.15, -0.1) is 0 Å². The molecular weight excluding hydrogens is 728 g/mol. The molecule has 1 aromatic rings. The van der Waals surface area contributed by atoms with E-state index in [0.29, 0.717) is 12.8 Å². The van der Waals surface area contributed by atoms with Gasteiger partial charge in [0.15, 0.2) is 18.9 Å². The lowest BCUT2D eigenvalue weighted by Crippen LogP contribution is -2.65. The third-order valence-corrected chi connectivity index (χ3v) is 9.06. The maximum absolute atomic E-state index is 12.3. The third kappa shape index (κ3) is 11.9. The van der Waals surface area contributed by atoms with Crippen LogP contribution in [0.3, 0.4) is 0 Å². The zero-order valence-corrected chi connectivity index (χ0v) is 29.3. The zero-order chi connectivity index (χ0) is 39.4. The van der Waals surface area contributed by atoms with Gasteiger partial charge in [0.25, 0.3) is 0 Å². The minimum atomic E-state index is -1.90. The summed E-state index contributed by atoms with van der Waals surface area (Å²) in [5.41, 5.74) is 0.872. The molecule has 3 heterocycles. The molecule has 4 rings (SSSR count). The van der Waals surface area contributed by atoms with E-state index in [1.54, 1.807) is 0 Å². The Labute approximate surface area is 309 Å². The average Bonchev–Trinajstić information content (AvgIpc) is 3.17. The van der Waals surface area contributed by atoms with Crippen molar-refractivity contribution in [2.24, 2.45) is 0 Å². The van der Waals surface area contributed by atoms with Crippen molar-refractivity contribution in [3.8, 4) is 0 Å². The van der Waals surface area contributed by atoms with Crippen molar-refractivity contribution in [2.45, 2.75) is 118 Å². The van der Waals surface area contributed by atoms with Gasteiger partial charge in [-0.25, -0.2) is 4.79 Å². The summed E-state index contributed by atoms with van der Waals surface area (Å²) in [6, 6.07) is 8.68. The van der Waals surface area contributed by atoms with Crippen molar-refractivity contribution >= 4 is 12.0 Å². The van der Waals surface area contributed by atoms with E-state index in [1.807, 2.05) is 30.3 Å². The lowest BCUT2D eigenvalue weighted by atomic mass is 9.96. The monoisotopic (exact) mass is 780 g/mol. The van der Waals surface area contributed by atoms with Crippen LogP contribution in [-0.2, 0) is 44.6 Å². The van der Waals surface area contributed by atoms with Gasteiger partial charge >= 0.3 is 12.0 Å². The van der Waals surface area contributed by atoms with E-state index >= 15 is 0 Å². The molecular formula is C33H52N2O19. The predicted octanol–water partition coefficient (Wildman–Crippen LogP) is -5.34. The number of amides is 2. The molecule has 0 aromatic heterocycles. The number of esters is 1. The highest BCUT2D eigenvalue weighted by Gasteiger charge is 2.52. The van der Waals surface area contributed by atoms with Gasteiger partial charge in [-0.2, -0.15) is 0 Å². The van der Waals surface area contributed by atoms with Crippen molar-refractivity contribution in [2.75, 3.05) is 39.5 Å². The predicted molar refractivity (Wildman–Crippen MR) is 176 cm³/mol. The molecule has 3 saturated heterocycles. The second kappa shape index (κ2) is 21.6. The van der Waals surface area contributed by atoms with Crippen LogP contribution in [0.25, 0.3) is 0 Å². The SMILES string of the molecule is O=C(NCCCCC(=O)OCc1ccccc1)NCCO[C@@H]1O[C@H](CO[C@H]2O[C@H](CO)[C@@H](O)[C@H](O)[C@@H]2O)[C@@H](O)[C@H](O[C@H]2O[C@H](CO)[C@@H](O)[C@H](O)[C@@H]2O)[C@@H]1O. The number of carbonyl (C=O) groups excluding carboxylic acids is 2. The van der Waals surface area contributed by atoms with Crippen LogP contribution in [0, 0.1) is 0 Å². The fourth-order valence-electron chi connectivity index (χ4n) is 5.88. The Morgan fingerprint density at radius 1 is 0.630 bits per heavy atom. The quantitative estimate of drug-likeness (QED) is 0.0489. The smallest absolute Gasteiger partial charge is 0.314 e. The molecule has 0 bridgehead atoms. The normalized spacial score (nSPS) is 37.0. The molecule has 21 heteroatoms. The van der Waals surface area contributed by atoms with Crippen molar-refractivity contribution in [1.82, 2.24) is 10.6 Å². The highest BCUT2D eigenvalue weighted by molar-refractivity contribution is 5.73. The molecule has 12 N–H and O–H groups in total. The Kier molecular flexibility index (Phi) is 17.6. The van der Waals surface area contributed by atoms with Gasteiger partial charge in [0, 0.05) is 19.5 Å². The number of benzene rings is 1. The molecule has 2 amide bonds. The number of aliphatic hydroxyl groups is 10. The number of hydrogen-bond acceptors (Lipinski definition) is 19. The number of hydrogen-bond donors (Lipinski definition) is 12. The van der Waals surface area contributed by atoms with Crippen LogP contribution in [-0.4, -0.2) is 195 Å². The first-order chi connectivity index (χ1) is 25.9. The molecule has 1 aromatic carbocycles. The molecule has 0 radical (unpaired) electrons. The van der Waals surface area contributed by atoms with Crippen LogP contribution < -0.4 is 10.6 Å². The number of urea groups is 1. The van der Waals surface area contributed by atoms with Crippen LogP contribution in [0.15, 0.2) is 30.3 Å². The van der Waals surface area contributed by atoms with Gasteiger partial charge in [0.1, 0.15) is 79.9 Å². The molecule has 21 nitrogen and oxygen atoms in total. The maximum Gasteiger partial charge on any atom is 0.314 e. The first-order valence-corrected chi connectivity index (χ1v) is 17.6. The van der Waals surface area contributed by atoms with E-state index in [1.165, 1.54) is 0 Å². The molecule has 15 atom stereocenters. The summed E-state index contributed by atoms with van der Waals surface area (Å²) in [7, 11) is 0. The van der Waals surface area contributed by atoms with Gasteiger partial charge in [-0.3, -0.25) is 4.79 Å². The number of unbranched alkanes of at least 4 members (excludes halogenated alkanes) is 1. The fraction of sp³-hybridized carbons (Fsp3) is 0.758. The lowest BCUT2D eigenvalue weighted by molar-refractivity contribution is -0.365. The summed E-state index contributed by atoms with van der Waals surface area (Å²) in [6.07, 6.45) is -24.0. The molecule has 0 saturated carbocycles. The summed E-state index contributed by atoms with van der Waals surface area (Å²) < 4.78 is 38.4. The van der Waals surface area contributed by atoms with Gasteiger partial charge in [0.05, 0.1) is 26.4 Å². The van der Waals surface area contributed by atoms with Gasteiger partial charge < -0.3 is 94.9 Å². The van der Waals surface area contributed by atoms with Gasteiger partial charge in [-0.05, 0) is 18.4 Å². The Morgan fingerprint density at radius 3 is 1.85 bits per heavy atom. The summed E-state index contributed by atoms with van der Waals surface area (Å²) in [4.78, 5) is 24.2. The number of aliphatic hydroxyl groups excluding tert-OH is 10. The highest BCUT2D eigenvalue weighted by atomic mass is 16.7. The Morgan fingerprint density at radius 2 is 1.20 bits per heavy atom. The molecule has 54 heavy (non-hydrogen) atoms. The van der Waals surface area contributed by atoms with E-state index in [0.717, 1.165) is 5.56 Å². The minimum absolute atomic E-state index is 0.100. The molecule has 3 aliphatic heterocycles. The fourth-order valence-corrected chi connectivity index (χ4v) is 5.88. The largest absolute Gasteiger partial charge is 0.461 e. The second-order valence-electron chi connectivity index (χ2n) is 13.0. The zero-order valence-electron chi connectivity index (χ0n) is 29.3. The molecule has 3 aliphatic rings. The summed E-state index contributed by atoms with van der Waals surface area (Å²) in [6.45, 7) is -2.07. The average molecular weight is 781 g/mol. The molecule has 308 valence electrons. The second-order valence-corrected chi connectivity index (χ2v) is 13.0. The summed E-state index contributed by atoms with van der Waals surface area (Å²) >= 11 is 0. The molecule has 3 fully saturated rings. The molecule has 0 unspecified atom stereocenters. The number of nitrogens with one attached hydrogen (secondary N) is 2. The van der Waals surface area contributed by atoms with Crippen molar-refractivity contribution < 1.29 is 93.8 Å². The van der Waals surface area contributed by atoms with Crippen molar-refractivity contribution in [3.63, 3.8) is 0 Å². The van der Waals surface area contributed by atoms with Crippen LogP contribution >= 0.6 is 0 Å². The van der Waals surface area contributed by atoms with Crippen LogP contribution in [0.5, 0.6) is 0 Å². The van der Waals surface area contributed by atoms with Crippen LogP contribution in [0.2, 0.25) is 0 Å². The van der Waals surface area contributed by atoms with Crippen molar-refractivity contribution in [1.29, 1.82) is 0 Å². The lowest BCUT2D eigenvalue weighted by Gasteiger charge is -2.46. The van der Waals surface area contributed by atoms with E-state index in [-0.39, 0.29) is 38.7 Å². The minimum Gasteiger partial charge on any atom is -0.461 e. The standard InChI is InChI=1S/C33H52N2O19/c36-12-17-21(39)24(42)26(44)30(51-17)50-15-19-23(41)29(54-32-27(45)25(43)22(40)18(13-37)52-32)28(46)31(53-19)48-11-10-35-33(47)34-9-5-4-8-20(38)49-14-16-6-2-1-3-7-16/h1-3,6-7,17-19,21-32,36-37,39-46H,4-5,8-15H2,(H2,34,35,47)/t17-,18-,19-,21-,22-,23-,24+,25+,26+,27+,28+,29+,30+,31-,32-/m1/s1. The van der Waals surface area contributed by atoms with E-state index in [4.69, 9.17) is 33.2 Å². The number of rotatable bonds is 18. The van der Waals surface area contributed by atoms with E-state index in [9.17, 15) is 60.7 Å². The first-order valence-electron chi connectivity index (χ1n) is 17.6. The van der Waals surface area contributed by atoms with E-state index < -0.39 is 118 Å². The number of ether oxygens (including phenoxy) is 7. The topological polar surface area (TPSA) is 325 Å². The summed E-state index contributed by atoms with van der Waals surface area (Å²) in [5, 5.41) is 108. The highest BCUT2D eigenvalue weighted by Crippen LogP contribution is 2.31. The van der Waals surface area contributed by atoms with Crippen LogP contribution in [0.4, 0.5) is 4.79 Å². The summed E-state index contributed by atoms with van der Waals surface area (Å²) in [5.74, 6) is -0.358. The molecule has 0 spiro atoms. The Hall–Kier alpha value is -2.68. The van der Waals surface area contributed by atoms with E-state index in [2.05, 4.69) is 10.6 Å². The van der Waals surface area contributed by atoms with Gasteiger partial charge in [0.2, 0.25) is 0 Å². The third-order valence-electron chi connectivity index (χ3n) is 9.06. The Bertz CT molecular complexity index is 1270. The molecule has 0 aliphatic carbocycles. The van der Waals surface area contributed by atoms with Crippen LogP contribution in [0.1, 0.15) is 24.8 Å². The van der Waals surface area contributed by atoms with Gasteiger partial charge in [-0.1, -0.05) is 30.3 Å². The Balaban J connectivity index is 1.27. The van der Waals surface area contributed by atoms with Crippen molar-refractivity contribution in [3.05, 3.63) is 35.9 Å². The first kappa shape index (κ1) is 44.0. The maximum atomic E-state index is 12.3.